The van der Waals surface area contributed by atoms with Crippen molar-refractivity contribution in [2.24, 2.45) is 5.92 Å². The van der Waals surface area contributed by atoms with E-state index in [-0.39, 0.29) is 12.0 Å². The highest BCUT2D eigenvalue weighted by molar-refractivity contribution is 7.90. The van der Waals surface area contributed by atoms with E-state index in [0.29, 0.717) is 49.1 Å². The summed E-state index contributed by atoms with van der Waals surface area (Å²) < 4.78 is 33.9. The first-order valence-electron chi connectivity index (χ1n) is 14.5. The van der Waals surface area contributed by atoms with Crippen LogP contribution in [0.25, 0.3) is 0 Å². The van der Waals surface area contributed by atoms with Crippen LogP contribution in [0.1, 0.15) is 67.6 Å². The first-order valence-corrected chi connectivity index (χ1v) is 16.0. The maximum Gasteiger partial charge on any atom is 0.338 e. The Labute approximate surface area is 257 Å². The van der Waals surface area contributed by atoms with Crippen molar-refractivity contribution in [2.45, 2.75) is 76.2 Å². The van der Waals surface area contributed by atoms with E-state index >= 15 is 0 Å². The second-order valence-electron chi connectivity index (χ2n) is 11.9. The molecule has 8 nitrogen and oxygen atoms in total. The summed E-state index contributed by atoms with van der Waals surface area (Å²) in [6, 6.07) is 12.4. The number of benzene rings is 2. The van der Waals surface area contributed by atoms with Crippen LogP contribution in [0.3, 0.4) is 0 Å². The van der Waals surface area contributed by atoms with Crippen LogP contribution in [0.4, 0.5) is 0 Å². The maximum absolute atomic E-state index is 13.3. The van der Waals surface area contributed by atoms with Crippen LogP contribution in [0.5, 0.6) is 5.75 Å². The van der Waals surface area contributed by atoms with Gasteiger partial charge in [0.2, 0.25) is 0 Å². The van der Waals surface area contributed by atoms with Crippen molar-refractivity contribution in [3.63, 3.8) is 0 Å². The number of carbonyl (C=O) groups is 1. The summed E-state index contributed by atoms with van der Waals surface area (Å²) in [5, 5.41) is 11.9. The molecule has 2 fully saturated rings. The molecule has 0 aromatic heterocycles. The predicted octanol–water partition coefficient (Wildman–Crippen LogP) is 5.35. The topological polar surface area (TPSA) is 103 Å². The SMILES string of the molecule is C=CCOc1cc(C)c(Cl)cc1[C@H](N[S@@+]([O-])C(C)(C)C)C1CCN(C(O)[C@@H]2OCC[C@@H]2OC(=O)c2ccccc2)CC1. The van der Waals surface area contributed by atoms with Gasteiger partial charge in [0.1, 0.15) is 35.5 Å². The van der Waals surface area contributed by atoms with Gasteiger partial charge in [0.15, 0.2) is 0 Å². The second-order valence-corrected chi connectivity index (χ2v) is 14.3. The molecule has 2 aliphatic rings. The van der Waals surface area contributed by atoms with E-state index in [4.69, 9.17) is 25.8 Å². The third-order valence-electron chi connectivity index (χ3n) is 7.83. The van der Waals surface area contributed by atoms with Gasteiger partial charge in [0.25, 0.3) is 0 Å². The van der Waals surface area contributed by atoms with E-state index in [2.05, 4.69) is 11.3 Å². The second kappa shape index (κ2) is 14.6. The van der Waals surface area contributed by atoms with Crippen molar-refractivity contribution in [3.8, 4) is 5.75 Å². The normalized spacial score (nSPS) is 22.4. The zero-order valence-corrected chi connectivity index (χ0v) is 26.5. The van der Waals surface area contributed by atoms with Gasteiger partial charge < -0.3 is 23.9 Å². The molecule has 1 unspecified atom stereocenters. The summed E-state index contributed by atoms with van der Waals surface area (Å²) >= 11 is 5.24. The molecule has 0 spiro atoms. The molecule has 0 saturated carbocycles. The maximum atomic E-state index is 13.3. The first kappa shape index (κ1) is 32.8. The highest BCUT2D eigenvalue weighted by Crippen LogP contribution is 2.40. The average Bonchev–Trinajstić information content (AvgIpc) is 3.44. The molecular formula is C32H43ClN2O6S. The molecule has 2 aliphatic heterocycles. The number of carbonyl (C=O) groups excluding carboxylic acids is 1. The number of rotatable bonds is 11. The number of aryl methyl sites for hydroxylation is 1. The van der Waals surface area contributed by atoms with E-state index in [0.717, 1.165) is 24.0 Å². The number of nitrogens with zero attached hydrogens (tertiary/aromatic N) is 1. The quantitative estimate of drug-likeness (QED) is 0.197. The number of ether oxygens (including phenoxy) is 3. The molecule has 2 saturated heterocycles. The molecule has 5 atom stereocenters. The van der Waals surface area contributed by atoms with Crippen molar-refractivity contribution >= 4 is 28.9 Å². The molecule has 4 rings (SSSR count). The lowest BCUT2D eigenvalue weighted by Crippen LogP contribution is -2.52. The molecule has 2 N–H and O–H groups in total. The summed E-state index contributed by atoms with van der Waals surface area (Å²) in [5.41, 5.74) is 2.22. The van der Waals surface area contributed by atoms with Crippen LogP contribution in [-0.2, 0) is 20.8 Å². The molecule has 42 heavy (non-hydrogen) atoms. The van der Waals surface area contributed by atoms with Crippen LogP contribution < -0.4 is 9.46 Å². The molecule has 10 heteroatoms. The lowest BCUT2D eigenvalue weighted by molar-refractivity contribution is -0.127. The smallest absolute Gasteiger partial charge is 0.338 e. The molecule has 2 heterocycles. The van der Waals surface area contributed by atoms with E-state index in [1.54, 1.807) is 30.3 Å². The molecule has 230 valence electrons. The minimum atomic E-state index is -1.34. The van der Waals surface area contributed by atoms with Gasteiger partial charge in [-0.1, -0.05) is 42.5 Å². The number of piperidine rings is 1. The Morgan fingerprint density at radius 1 is 1.26 bits per heavy atom. The predicted molar refractivity (Wildman–Crippen MR) is 166 cm³/mol. The highest BCUT2D eigenvalue weighted by atomic mass is 35.5. The van der Waals surface area contributed by atoms with Crippen LogP contribution in [0.2, 0.25) is 5.02 Å². The van der Waals surface area contributed by atoms with E-state index in [1.165, 1.54) is 0 Å². The lowest BCUT2D eigenvalue weighted by atomic mass is 9.85. The fraction of sp³-hybridized carbons (Fsp3) is 0.531. The van der Waals surface area contributed by atoms with E-state index < -0.39 is 40.5 Å². The van der Waals surface area contributed by atoms with Gasteiger partial charge in [0.05, 0.1) is 18.2 Å². The molecule has 0 amide bonds. The van der Waals surface area contributed by atoms with E-state index in [1.807, 2.05) is 50.8 Å². The summed E-state index contributed by atoms with van der Waals surface area (Å²) in [4.78, 5) is 14.6. The minimum Gasteiger partial charge on any atom is -0.598 e. The Kier molecular flexibility index (Phi) is 11.4. The standard InChI is InChI=1S/C32H43ClN2O6S/c1-6-17-39-27-19-21(2)25(33)20-24(27)28(34-42(38)32(3,4)5)22-12-15-35(16-13-22)30(36)29-26(14-18-40-29)41-31(37)23-10-8-7-9-11-23/h6-11,19-20,22,26,28-30,34,36H,1,12-18H2,2-5H3/t26-,28+,29+,30?,42-/m0/s1. The molecule has 0 bridgehead atoms. The van der Waals surface area contributed by atoms with Gasteiger partial charge >= 0.3 is 5.97 Å². The van der Waals surface area contributed by atoms with Gasteiger partial charge in [0, 0.05) is 41.5 Å². The van der Waals surface area contributed by atoms with Gasteiger partial charge in [-0.3, -0.25) is 4.90 Å². The van der Waals surface area contributed by atoms with Crippen molar-refractivity contribution < 1.29 is 28.7 Å². The van der Waals surface area contributed by atoms with Crippen LogP contribution in [0, 0.1) is 12.8 Å². The molecule has 0 radical (unpaired) electrons. The van der Waals surface area contributed by atoms with Crippen LogP contribution in [0.15, 0.2) is 55.1 Å². The summed E-state index contributed by atoms with van der Waals surface area (Å²) in [7, 11) is 0. The molecule has 0 aliphatic carbocycles. The Morgan fingerprint density at radius 3 is 2.60 bits per heavy atom. The van der Waals surface area contributed by atoms with Crippen molar-refractivity contribution in [1.82, 2.24) is 9.62 Å². The van der Waals surface area contributed by atoms with Crippen LogP contribution in [-0.4, -0.2) is 70.0 Å². The van der Waals surface area contributed by atoms with Gasteiger partial charge in [-0.25, -0.2) is 4.79 Å². The number of likely N-dealkylation sites (tertiary alicyclic amines) is 1. The Hall–Kier alpha value is -2.11. The van der Waals surface area contributed by atoms with Gasteiger partial charge in [-0.05, 0) is 76.3 Å². The molecular weight excluding hydrogens is 576 g/mol. The first-order chi connectivity index (χ1) is 20.0. The lowest BCUT2D eigenvalue weighted by Gasteiger charge is -2.41. The third kappa shape index (κ3) is 8.08. The van der Waals surface area contributed by atoms with Gasteiger partial charge in [-0.15, -0.1) is 4.72 Å². The van der Waals surface area contributed by atoms with Crippen molar-refractivity contribution in [3.05, 3.63) is 76.8 Å². The number of halogens is 1. The van der Waals surface area contributed by atoms with Crippen molar-refractivity contribution in [1.29, 1.82) is 0 Å². The fourth-order valence-corrected chi connectivity index (χ4v) is 6.47. The third-order valence-corrected chi connectivity index (χ3v) is 9.82. The van der Waals surface area contributed by atoms with Crippen LogP contribution >= 0.6 is 11.6 Å². The number of nitrogens with one attached hydrogen (secondary N) is 1. The minimum absolute atomic E-state index is 0.0980. The summed E-state index contributed by atoms with van der Waals surface area (Å²) in [5.74, 6) is 0.361. The number of esters is 1. The fourth-order valence-electron chi connectivity index (χ4n) is 5.39. The number of aliphatic hydroxyl groups is 1. The number of aliphatic hydroxyl groups excluding tert-OH is 1. The zero-order chi connectivity index (χ0) is 30.4. The monoisotopic (exact) mass is 618 g/mol. The molecule has 2 aromatic carbocycles. The van der Waals surface area contributed by atoms with Gasteiger partial charge in [-0.2, -0.15) is 0 Å². The Balaban J connectivity index is 1.48. The Bertz CT molecular complexity index is 1200. The summed E-state index contributed by atoms with van der Waals surface area (Å²) in [6.07, 6.45) is 1.59. The highest BCUT2D eigenvalue weighted by Gasteiger charge is 2.42. The molecule has 2 aromatic rings. The summed E-state index contributed by atoms with van der Waals surface area (Å²) in [6.45, 7) is 13.4. The Morgan fingerprint density at radius 2 is 1.95 bits per heavy atom. The number of hydrogen-bond donors (Lipinski definition) is 2. The zero-order valence-electron chi connectivity index (χ0n) is 24.9. The largest absolute Gasteiger partial charge is 0.598 e. The van der Waals surface area contributed by atoms with Crippen molar-refractivity contribution in [2.75, 3.05) is 26.3 Å². The number of hydrogen-bond acceptors (Lipinski definition) is 8. The van der Waals surface area contributed by atoms with E-state index in [9.17, 15) is 14.5 Å². The average molecular weight is 619 g/mol.